The highest BCUT2D eigenvalue weighted by Crippen LogP contribution is 2.18. The lowest BCUT2D eigenvalue weighted by atomic mass is 9.96. The van der Waals surface area contributed by atoms with Gasteiger partial charge in [-0.05, 0) is 30.0 Å². The summed E-state index contributed by atoms with van der Waals surface area (Å²) in [5.41, 5.74) is 1.13. The van der Waals surface area contributed by atoms with Crippen molar-refractivity contribution in [3.05, 3.63) is 35.6 Å². The van der Waals surface area contributed by atoms with Crippen molar-refractivity contribution in [2.45, 2.75) is 26.0 Å². The van der Waals surface area contributed by atoms with E-state index in [4.69, 9.17) is 0 Å². The summed E-state index contributed by atoms with van der Waals surface area (Å²) in [6, 6.07) is 6.64. The Balaban J connectivity index is 1.93. The number of hydrogen-bond donors (Lipinski definition) is 1. The topological polar surface area (TPSA) is 23.5 Å². The second-order valence-corrected chi connectivity index (χ2v) is 4.69. The molecule has 1 aromatic carbocycles. The van der Waals surface area contributed by atoms with Crippen molar-refractivity contribution in [1.29, 1.82) is 0 Å². The summed E-state index contributed by atoms with van der Waals surface area (Å²) in [6.07, 6.45) is 0.673. The van der Waals surface area contributed by atoms with Crippen LogP contribution in [0.5, 0.6) is 0 Å². The second kappa shape index (κ2) is 4.93. The summed E-state index contributed by atoms with van der Waals surface area (Å²) in [6.45, 7) is 4.75. The van der Waals surface area contributed by atoms with Crippen LogP contribution >= 0.6 is 0 Å². The summed E-state index contributed by atoms with van der Waals surface area (Å²) >= 11 is 0. The summed E-state index contributed by atoms with van der Waals surface area (Å²) in [5.74, 6) is 0.139. The van der Waals surface area contributed by atoms with Crippen molar-refractivity contribution in [2.24, 2.45) is 5.92 Å². The fourth-order valence-corrected chi connectivity index (χ4v) is 2.21. The third-order valence-corrected chi connectivity index (χ3v) is 3.26. The Labute approximate surface area is 95.7 Å². The van der Waals surface area contributed by atoms with E-state index in [0.29, 0.717) is 5.92 Å². The molecule has 0 spiro atoms. The molecule has 0 aromatic heterocycles. The molecule has 1 aliphatic heterocycles. The Morgan fingerprint density at radius 3 is 2.69 bits per heavy atom. The lowest BCUT2D eigenvalue weighted by molar-refractivity contribution is 0.0320. The smallest absolute Gasteiger partial charge is 0.123 e. The zero-order valence-corrected chi connectivity index (χ0v) is 9.56. The fourth-order valence-electron chi connectivity index (χ4n) is 2.21. The molecule has 0 aliphatic carbocycles. The summed E-state index contributed by atoms with van der Waals surface area (Å²) in [7, 11) is 0. The molecule has 0 saturated carbocycles. The molecular weight excluding hydrogens is 205 g/mol. The van der Waals surface area contributed by atoms with Crippen LogP contribution in [0.15, 0.2) is 24.3 Å². The Kier molecular flexibility index (Phi) is 3.56. The zero-order valence-electron chi connectivity index (χ0n) is 9.56. The molecule has 0 bridgehead atoms. The number of halogens is 1. The molecule has 0 unspecified atom stereocenters. The first-order chi connectivity index (χ1) is 7.65. The zero-order chi connectivity index (χ0) is 11.5. The Hall–Kier alpha value is -0.930. The molecule has 0 radical (unpaired) electrons. The lowest BCUT2D eigenvalue weighted by Crippen LogP contribution is -2.41. The first-order valence-corrected chi connectivity index (χ1v) is 5.80. The molecule has 1 N–H and O–H groups in total. The average molecular weight is 223 g/mol. The van der Waals surface area contributed by atoms with E-state index in [1.807, 2.05) is 12.1 Å². The molecule has 2 atom stereocenters. The minimum absolute atomic E-state index is 0.163. The van der Waals surface area contributed by atoms with Crippen LogP contribution in [0.3, 0.4) is 0 Å². The van der Waals surface area contributed by atoms with Crippen LogP contribution < -0.4 is 0 Å². The molecule has 2 rings (SSSR count). The highest BCUT2D eigenvalue weighted by atomic mass is 19.1. The predicted octanol–water partition coefficient (Wildman–Crippen LogP) is 2.03. The van der Waals surface area contributed by atoms with Gasteiger partial charge in [-0.3, -0.25) is 4.90 Å². The van der Waals surface area contributed by atoms with Crippen molar-refractivity contribution < 1.29 is 9.50 Å². The molecule has 1 aromatic rings. The van der Waals surface area contributed by atoms with Gasteiger partial charge in [-0.1, -0.05) is 19.1 Å². The van der Waals surface area contributed by atoms with Crippen LogP contribution in [0.25, 0.3) is 0 Å². The standard InChI is InChI=1S/C13H18FNO/c1-10-8-15(7-6-13(10)16)9-11-2-4-12(14)5-3-11/h2-5,10,13,16H,6-9H2,1H3/t10-,13+/m1/s1. The van der Waals surface area contributed by atoms with Gasteiger partial charge in [-0.2, -0.15) is 0 Å². The molecule has 16 heavy (non-hydrogen) atoms. The molecule has 88 valence electrons. The monoisotopic (exact) mass is 223 g/mol. The van der Waals surface area contributed by atoms with E-state index in [2.05, 4.69) is 11.8 Å². The largest absolute Gasteiger partial charge is 0.393 e. The quantitative estimate of drug-likeness (QED) is 0.829. The number of aliphatic hydroxyl groups is 1. The molecule has 3 heteroatoms. The van der Waals surface area contributed by atoms with Gasteiger partial charge in [0.05, 0.1) is 6.10 Å². The molecule has 2 nitrogen and oxygen atoms in total. The van der Waals surface area contributed by atoms with Crippen LogP contribution in [-0.4, -0.2) is 29.2 Å². The van der Waals surface area contributed by atoms with Crippen LogP contribution in [0.4, 0.5) is 4.39 Å². The number of rotatable bonds is 2. The van der Waals surface area contributed by atoms with Gasteiger partial charge in [0.25, 0.3) is 0 Å². The number of nitrogens with zero attached hydrogens (tertiary/aromatic N) is 1. The maximum Gasteiger partial charge on any atom is 0.123 e. The minimum Gasteiger partial charge on any atom is -0.393 e. The van der Waals surface area contributed by atoms with Crippen molar-refractivity contribution in [2.75, 3.05) is 13.1 Å². The van der Waals surface area contributed by atoms with Crippen LogP contribution in [0.2, 0.25) is 0 Å². The highest BCUT2D eigenvalue weighted by molar-refractivity contribution is 5.15. The number of benzene rings is 1. The predicted molar refractivity (Wildman–Crippen MR) is 61.5 cm³/mol. The first-order valence-electron chi connectivity index (χ1n) is 5.80. The van der Waals surface area contributed by atoms with Crippen molar-refractivity contribution in [1.82, 2.24) is 4.90 Å². The summed E-state index contributed by atoms with van der Waals surface area (Å²) < 4.78 is 12.7. The maximum atomic E-state index is 12.7. The SMILES string of the molecule is C[C@@H]1CN(Cc2ccc(F)cc2)CC[C@@H]1O. The van der Waals surface area contributed by atoms with Gasteiger partial charge in [0, 0.05) is 19.6 Å². The van der Waals surface area contributed by atoms with Crippen LogP contribution in [0, 0.1) is 11.7 Å². The van der Waals surface area contributed by atoms with E-state index in [0.717, 1.165) is 31.6 Å². The normalized spacial score (nSPS) is 26.9. The van der Waals surface area contributed by atoms with Crippen molar-refractivity contribution >= 4 is 0 Å². The molecular formula is C13H18FNO. The first kappa shape index (κ1) is 11.6. The van der Waals surface area contributed by atoms with Gasteiger partial charge >= 0.3 is 0 Å². The Morgan fingerprint density at radius 1 is 1.38 bits per heavy atom. The summed E-state index contributed by atoms with van der Waals surface area (Å²) in [4.78, 5) is 2.31. The highest BCUT2D eigenvalue weighted by Gasteiger charge is 2.23. The third-order valence-electron chi connectivity index (χ3n) is 3.26. The van der Waals surface area contributed by atoms with Crippen molar-refractivity contribution in [3.8, 4) is 0 Å². The summed E-state index contributed by atoms with van der Waals surface area (Å²) in [5, 5.41) is 9.62. The van der Waals surface area contributed by atoms with Gasteiger partial charge in [-0.25, -0.2) is 4.39 Å². The third kappa shape index (κ3) is 2.80. The fraction of sp³-hybridized carbons (Fsp3) is 0.538. The van der Waals surface area contributed by atoms with E-state index in [1.54, 1.807) is 0 Å². The van der Waals surface area contributed by atoms with E-state index in [-0.39, 0.29) is 11.9 Å². The van der Waals surface area contributed by atoms with Crippen LogP contribution in [0.1, 0.15) is 18.9 Å². The van der Waals surface area contributed by atoms with Crippen molar-refractivity contribution in [3.63, 3.8) is 0 Å². The van der Waals surface area contributed by atoms with E-state index in [9.17, 15) is 9.50 Å². The van der Waals surface area contributed by atoms with E-state index >= 15 is 0 Å². The molecule has 1 fully saturated rings. The minimum atomic E-state index is -0.189. The maximum absolute atomic E-state index is 12.7. The van der Waals surface area contributed by atoms with Gasteiger partial charge in [0.1, 0.15) is 5.82 Å². The van der Waals surface area contributed by atoms with Gasteiger partial charge in [-0.15, -0.1) is 0 Å². The number of piperidine rings is 1. The number of likely N-dealkylation sites (tertiary alicyclic amines) is 1. The Bertz CT molecular complexity index is 338. The van der Waals surface area contributed by atoms with Gasteiger partial charge < -0.3 is 5.11 Å². The van der Waals surface area contributed by atoms with E-state index < -0.39 is 0 Å². The van der Waals surface area contributed by atoms with Gasteiger partial charge in [0.2, 0.25) is 0 Å². The van der Waals surface area contributed by atoms with Gasteiger partial charge in [0.15, 0.2) is 0 Å². The molecule has 1 aliphatic rings. The second-order valence-electron chi connectivity index (χ2n) is 4.69. The Morgan fingerprint density at radius 2 is 2.06 bits per heavy atom. The van der Waals surface area contributed by atoms with E-state index in [1.165, 1.54) is 12.1 Å². The lowest BCUT2D eigenvalue weighted by Gasteiger charge is -2.34. The average Bonchev–Trinajstić information content (AvgIpc) is 2.27. The molecule has 1 heterocycles. The molecule has 0 amide bonds. The number of hydrogen-bond acceptors (Lipinski definition) is 2. The molecule has 1 saturated heterocycles. The van der Waals surface area contributed by atoms with Crippen LogP contribution in [-0.2, 0) is 6.54 Å². The number of aliphatic hydroxyl groups excluding tert-OH is 1.